The number of rotatable bonds is 8. The van der Waals surface area contributed by atoms with Crippen molar-refractivity contribution in [3.05, 3.63) is 42.0 Å². The highest BCUT2D eigenvalue weighted by atomic mass is 16.5. The van der Waals surface area contributed by atoms with Crippen LogP contribution in [0.15, 0.2) is 36.4 Å². The number of nitrogens with zero attached hydrogens (tertiary/aromatic N) is 1. The Kier molecular flexibility index (Phi) is 7.15. The Morgan fingerprint density at radius 3 is 2.72 bits per heavy atom. The maximum atomic E-state index is 13.4. The van der Waals surface area contributed by atoms with Crippen molar-refractivity contribution in [2.45, 2.75) is 57.2 Å². The maximum absolute atomic E-state index is 13.4. The Balaban J connectivity index is 1.56. The first-order chi connectivity index (χ1) is 15.6. The van der Waals surface area contributed by atoms with Gasteiger partial charge in [-0.3, -0.25) is 4.79 Å². The number of alkyl carbamates (subject to hydrolysis) is 1. The molecule has 2 amide bonds. The number of carbonyl (C=O) groups is 2. The minimum atomic E-state index is -0.482. The van der Waals surface area contributed by atoms with E-state index < -0.39 is 6.09 Å². The molecule has 7 nitrogen and oxygen atoms in total. The molecule has 172 valence electrons. The van der Waals surface area contributed by atoms with E-state index in [-0.39, 0.29) is 24.1 Å². The Hall–Kier alpha value is -2.80. The van der Waals surface area contributed by atoms with Gasteiger partial charge in [-0.05, 0) is 62.1 Å². The van der Waals surface area contributed by atoms with E-state index in [1.807, 2.05) is 29.2 Å². The average Bonchev–Trinajstić information content (AvgIpc) is 3.67. The minimum absolute atomic E-state index is 0.0827. The largest absolute Gasteiger partial charge is 0.491 e. The van der Waals surface area contributed by atoms with Gasteiger partial charge in [-0.15, -0.1) is 0 Å². The smallest absolute Gasteiger partial charge is 0.406 e. The number of hydrogen-bond acceptors (Lipinski definition) is 5. The number of methoxy groups -OCH3 is 1. The number of benzene rings is 2. The lowest BCUT2D eigenvalue weighted by atomic mass is 9.99. The van der Waals surface area contributed by atoms with E-state index in [0.29, 0.717) is 19.8 Å². The summed E-state index contributed by atoms with van der Waals surface area (Å²) in [5, 5.41) is 4.69. The summed E-state index contributed by atoms with van der Waals surface area (Å²) >= 11 is 0. The van der Waals surface area contributed by atoms with Crippen LogP contribution in [0.4, 0.5) is 4.79 Å². The van der Waals surface area contributed by atoms with Crippen molar-refractivity contribution in [1.82, 2.24) is 10.2 Å². The van der Waals surface area contributed by atoms with Gasteiger partial charge < -0.3 is 24.4 Å². The van der Waals surface area contributed by atoms with E-state index in [2.05, 4.69) is 29.1 Å². The fourth-order valence-electron chi connectivity index (χ4n) is 4.35. The lowest BCUT2D eigenvalue weighted by molar-refractivity contribution is -0.149. The third-order valence-electron chi connectivity index (χ3n) is 6.21. The maximum Gasteiger partial charge on any atom is 0.406 e. The van der Waals surface area contributed by atoms with Gasteiger partial charge in [-0.1, -0.05) is 24.3 Å². The van der Waals surface area contributed by atoms with Crippen molar-refractivity contribution in [1.29, 1.82) is 0 Å². The predicted molar refractivity (Wildman–Crippen MR) is 122 cm³/mol. The van der Waals surface area contributed by atoms with Crippen molar-refractivity contribution in [3.8, 4) is 5.75 Å². The molecule has 7 heteroatoms. The molecule has 1 saturated heterocycles. The molecule has 32 heavy (non-hydrogen) atoms. The van der Waals surface area contributed by atoms with Crippen LogP contribution in [0.3, 0.4) is 0 Å². The summed E-state index contributed by atoms with van der Waals surface area (Å²) in [4.78, 5) is 26.7. The van der Waals surface area contributed by atoms with E-state index in [1.165, 1.54) is 7.11 Å². The molecule has 2 aliphatic rings. The molecule has 2 aromatic carbocycles. The van der Waals surface area contributed by atoms with Crippen LogP contribution in [-0.4, -0.2) is 55.9 Å². The quantitative estimate of drug-likeness (QED) is 0.623. The Morgan fingerprint density at radius 1 is 1.19 bits per heavy atom. The summed E-state index contributed by atoms with van der Waals surface area (Å²) in [6.07, 6.45) is 4.14. The van der Waals surface area contributed by atoms with E-state index in [0.717, 1.165) is 54.2 Å². The topological polar surface area (TPSA) is 77.1 Å². The normalized spacial score (nSPS) is 19.2. The zero-order chi connectivity index (χ0) is 22.5. The van der Waals surface area contributed by atoms with E-state index in [9.17, 15) is 9.59 Å². The molecule has 1 aliphatic heterocycles. The molecule has 1 saturated carbocycles. The van der Waals surface area contributed by atoms with Gasteiger partial charge in [0.05, 0.1) is 19.7 Å². The molecule has 2 fully saturated rings. The highest BCUT2D eigenvalue weighted by Gasteiger charge is 2.40. The molecular weight excluding hydrogens is 408 g/mol. The molecule has 1 unspecified atom stereocenters. The average molecular weight is 441 g/mol. The lowest BCUT2D eigenvalue weighted by Gasteiger charge is -2.34. The summed E-state index contributed by atoms with van der Waals surface area (Å²) in [5.74, 6) is 0.853. The second-order valence-electron chi connectivity index (χ2n) is 8.51. The molecule has 0 bridgehead atoms. The van der Waals surface area contributed by atoms with Crippen molar-refractivity contribution < 1.29 is 23.8 Å². The van der Waals surface area contributed by atoms with Crippen LogP contribution in [0.1, 0.15) is 50.6 Å². The van der Waals surface area contributed by atoms with Crippen LogP contribution >= 0.6 is 0 Å². The molecule has 1 N–H and O–H groups in total. The first-order valence-corrected chi connectivity index (χ1v) is 11.5. The van der Waals surface area contributed by atoms with Gasteiger partial charge in [0.15, 0.2) is 0 Å². The van der Waals surface area contributed by atoms with Gasteiger partial charge in [0.1, 0.15) is 18.5 Å². The third kappa shape index (κ3) is 5.15. The molecule has 1 heterocycles. The van der Waals surface area contributed by atoms with Crippen molar-refractivity contribution in [2.24, 2.45) is 0 Å². The van der Waals surface area contributed by atoms with Crippen LogP contribution in [0.25, 0.3) is 10.8 Å². The Labute approximate surface area is 189 Å². The summed E-state index contributed by atoms with van der Waals surface area (Å²) < 4.78 is 16.4. The van der Waals surface area contributed by atoms with Gasteiger partial charge in [-0.2, -0.15) is 0 Å². The molecule has 0 spiro atoms. The van der Waals surface area contributed by atoms with E-state index in [1.54, 1.807) is 0 Å². The number of amides is 2. The fraction of sp³-hybridized carbons (Fsp3) is 0.520. The van der Waals surface area contributed by atoms with Gasteiger partial charge in [0.25, 0.3) is 5.91 Å². The summed E-state index contributed by atoms with van der Waals surface area (Å²) in [7, 11) is 1.33. The van der Waals surface area contributed by atoms with Gasteiger partial charge in [-0.25, -0.2) is 4.79 Å². The zero-order valence-corrected chi connectivity index (χ0v) is 18.8. The molecule has 0 radical (unpaired) electrons. The second-order valence-corrected chi connectivity index (χ2v) is 8.51. The highest BCUT2D eigenvalue weighted by molar-refractivity contribution is 5.89. The van der Waals surface area contributed by atoms with Crippen LogP contribution in [0.5, 0.6) is 5.75 Å². The number of carbonyl (C=O) groups excluding carboxylic acids is 2. The fourth-order valence-corrected chi connectivity index (χ4v) is 4.35. The van der Waals surface area contributed by atoms with Crippen molar-refractivity contribution in [2.75, 3.05) is 26.9 Å². The first-order valence-electron chi connectivity index (χ1n) is 11.5. The van der Waals surface area contributed by atoms with Crippen molar-refractivity contribution in [3.63, 3.8) is 0 Å². The number of nitrogens with one attached hydrogen (secondary N) is 1. The first kappa shape index (κ1) is 22.4. The standard InChI is InChI=1S/C25H32N2O5/c1-17(27(20-10-11-20)24(28)22-9-5-6-13-31-22)19-15-18-7-3-4-8-21(18)23(16-19)32-14-12-26-25(29)30-2/h3-4,7-8,15-17,20,22H,5-6,9-14H2,1-2H3,(H,26,29)/t17?,22-/m1/s1. The van der Waals surface area contributed by atoms with Crippen LogP contribution in [-0.2, 0) is 14.3 Å². The molecular formula is C25H32N2O5. The summed E-state index contributed by atoms with van der Waals surface area (Å²) in [6, 6.07) is 12.4. The molecule has 0 aromatic heterocycles. The van der Waals surface area contributed by atoms with E-state index >= 15 is 0 Å². The summed E-state index contributed by atoms with van der Waals surface area (Å²) in [6.45, 7) is 3.41. The predicted octanol–water partition coefficient (Wildman–Crippen LogP) is 4.20. The SMILES string of the molecule is COC(=O)NCCOc1cc(C(C)N(C(=O)[C@H]2CCCCO2)C2CC2)cc2ccccc12. The molecule has 4 rings (SSSR count). The van der Waals surface area contributed by atoms with Crippen LogP contribution in [0, 0.1) is 0 Å². The van der Waals surface area contributed by atoms with Gasteiger partial charge in [0, 0.05) is 18.0 Å². The Morgan fingerprint density at radius 2 is 2.00 bits per heavy atom. The number of ether oxygens (including phenoxy) is 3. The third-order valence-corrected chi connectivity index (χ3v) is 6.21. The van der Waals surface area contributed by atoms with Gasteiger partial charge in [0.2, 0.25) is 0 Å². The second kappa shape index (κ2) is 10.2. The summed E-state index contributed by atoms with van der Waals surface area (Å²) in [5.41, 5.74) is 1.04. The van der Waals surface area contributed by atoms with Gasteiger partial charge >= 0.3 is 6.09 Å². The number of hydrogen-bond donors (Lipinski definition) is 1. The van der Waals surface area contributed by atoms with Crippen molar-refractivity contribution >= 4 is 22.8 Å². The number of fused-ring (bicyclic) bond motifs is 1. The molecule has 1 aliphatic carbocycles. The monoisotopic (exact) mass is 440 g/mol. The van der Waals surface area contributed by atoms with Crippen LogP contribution < -0.4 is 10.1 Å². The molecule has 2 atom stereocenters. The molecule has 2 aromatic rings. The minimum Gasteiger partial charge on any atom is -0.491 e. The van der Waals surface area contributed by atoms with Crippen LogP contribution in [0.2, 0.25) is 0 Å². The lowest BCUT2D eigenvalue weighted by Crippen LogP contribution is -2.44. The Bertz CT molecular complexity index is 952. The van der Waals surface area contributed by atoms with E-state index in [4.69, 9.17) is 9.47 Å². The zero-order valence-electron chi connectivity index (χ0n) is 18.8. The highest BCUT2D eigenvalue weighted by Crippen LogP contribution is 2.38.